The Kier molecular flexibility index (Phi) is 185. The molecule has 0 rings (SSSR count). The van der Waals surface area contributed by atoms with E-state index in [1.807, 2.05) is 0 Å². The predicted molar refractivity (Wildman–Crippen MR) is 23.0 cm³/mol. The molecule has 0 aliphatic rings. The summed E-state index contributed by atoms with van der Waals surface area (Å²) in [4.78, 5) is 0. The zero-order valence-electron chi connectivity index (χ0n) is 1.83. The molecule has 0 bridgehead atoms. The van der Waals surface area contributed by atoms with Gasteiger partial charge in [0.2, 0.25) is 0 Å². The van der Waals surface area contributed by atoms with E-state index in [4.69, 9.17) is 0 Å². The first-order valence-electron chi connectivity index (χ1n) is 0. The average molecular weight is 346 g/mol. The number of halogens is 2. The fourth-order valence-corrected chi connectivity index (χ4v) is 0. The molecule has 0 aromatic heterocycles. The van der Waals surface area contributed by atoms with Gasteiger partial charge in [-0.25, -0.2) is 0 Å². The fraction of sp³-hybridized carbons (Fsp3) is 0. The van der Waals surface area contributed by atoms with Crippen molar-refractivity contribution < 1.29 is 17.1 Å². The van der Waals surface area contributed by atoms with Crippen molar-refractivity contribution in [1.29, 1.82) is 0 Å². The molecule has 0 amide bonds. The van der Waals surface area contributed by atoms with Crippen molar-refractivity contribution in [3.8, 4) is 0 Å². The van der Waals surface area contributed by atoms with E-state index >= 15 is 0 Å². The second kappa shape index (κ2) is 19.9. The summed E-state index contributed by atoms with van der Waals surface area (Å²) in [7, 11) is 0. The van der Waals surface area contributed by atoms with Gasteiger partial charge in [0.1, 0.15) is 0 Å². The summed E-state index contributed by atoms with van der Waals surface area (Å²) in [5, 5.41) is 0. The van der Waals surface area contributed by atoms with Crippen molar-refractivity contribution in [2.45, 2.75) is 0 Å². The second-order valence-electron chi connectivity index (χ2n) is 0. The van der Waals surface area contributed by atoms with Crippen LogP contribution in [0.4, 0.5) is 0 Å². The van der Waals surface area contributed by atoms with Crippen LogP contribution >= 0.6 is 24.8 Å². The van der Waals surface area contributed by atoms with Crippen LogP contribution in [0.2, 0.25) is 0 Å². The summed E-state index contributed by atoms with van der Waals surface area (Å²) in [6, 6.07) is 0. The molecule has 0 heterocycles. The zero-order chi connectivity index (χ0) is 0. The molecule has 0 saturated heterocycles. The molecule has 0 saturated carbocycles. The third-order valence-corrected chi connectivity index (χ3v) is 0. The summed E-state index contributed by atoms with van der Waals surface area (Å²) >= 11 is 0. The van der Waals surface area contributed by atoms with Crippen LogP contribution in [-0.4, -0.2) is 27.3 Å². The van der Waals surface area contributed by atoms with Gasteiger partial charge in [0.25, 0.3) is 0 Å². The Balaban J connectivity index is 0. The summed E-state index contributed by atoms with van der Waals surface area (Å²) in [6.07, 6.45) is 0. The van der Waals surface area contributed by atoms with Crippen LogP contribution in [0.25, 0.3) is 0 Å². The van der Waals surface area contributed by atoms with Gasteiger partial charge < -0.3 is 0 Å². The molecule has 0 aliphatic carbocycles. The third kappa shape index (κ3) is 8.98. The van der Waals surface area contributed by atoms with Crippen molar-refractivity contribution in [2.24, 2.45) is 0 Å². The Hall–Kier alpha value is 2.02. The van der Waals surface area contributed by atoms with E-state index in [0.717, 1.165) is 0 Å². The minimum absolute atomic E-state index is 0. The van der Waals surface area contributed by atoms with Crippen molar-refractivity contribution in [3.05, 3.63) is 0 Å². The molecular formula is H4Cl2CuPb. The molecule has 4 heavy (non-hydrogen) atoms. The van der Waals surface area contributed by atoms with Gasteiger partial charge >= 0.3 is 27.3 Å². The summed E-state index contributed by atoms with van der Waals surface area (Å²) in [5.74, 6) is 0. The standard InChI is InChI=1S/2ClH.Cu.Pb.2H/h2*1H;;;;. The summed E-state index contributed by atoms with van der Waals surface area (Å²) in [6.45, 7) is 0. The van der Waals surface area contributed by atoms with E-state index in [1.54, 1.807) is 0 Å². The van der Waals surface area contributed by atoms with E-state index in [0.29, 0.717) is 0 Å². The molecule has 0 atom stereocenters. The normalized spacial score (nSPS) is 0. The van der Waals surface area contributed by atoms with Crippen LogP contribution in [0.1, 0.15) is 0 Å². The molecule has 4 heteroatoms. The van der Waals surface area contributed by atoms with Crippen LogP contribution in [0.15, 0.2) is 0 Å². The molecule has 0 aromatic rings. The molecular weight excluding hydrogens is 342 g/mol. The molecule has 0 spiro atoms. The van der Waals surface area contributed by atoms with E-state index < -0.39 is 0 Å². The average Bonchev–Trinajstić information content (AvgIpc) is 0. The second-order valence-corrected chi connectivity index (χ2v) is 0. The van der Waals surface area contributed by atoms with Gasteiger partial charge in [-0.1, -0.05) is 0 Å². The topological polar surface area (TPSA) is 0 Å². The first-order chi connectivity index (χ1) is 0. The maximum atomic E-state index is 0. The molecule has 0 nitrogen and oxygen atoms in total. The zero-order valence-corrected chi connectivity index (χ0v) is 9.90. The van der Waals surface area contributed by atoms with Gasteiger partial charge in [-0.3, -0.25) is 0 Å². The van der Waals surface area contributed by atoms with E-state index in [1.165, 1.54) is 0 Å². The number of rotatable bonds is 0. The summed E-state index contributed by atoms with van der Waals surface area (Å²) in [5.41, 5.74) is 0. The first kappa shape index (κ1) is 37.2. The Morgan fingerprint density at radius 3 is 0.750 bits per heavy atom. The van der Waals surface area contributed by atoms with Crippen LogP contribution in [0.3, 0.4) is 0 Å². The number of hydrogen-bond acceptors (Lipinski definition) is 0. The minimum atomic E-state index is 0. The molecule has 0 aromatic carbocycles. The Labute approximate surface area is 68.6 Å². The Bertz CT molecular complexity index is 6.00. The number of hydrogen-bond donors (Lipinski definition) is 0. The van der Waals surface area contributed by atoms with Gasteiger partial charge in [0.15, 0.2) is 0 Å². The van der Waals surface area contributed by atoms with Crippen molar-refractivity contribution in [3.63, 3.8) is 0 Å². The van der Waals surface area contributed by atoms with E-state index in [9.17, 15) is 0 Å². The first-order valence-corrected chi connectivity index (χ1v) is 0. The predicted octanol–water partition coefficient (Wildman–Crippen LogP) is -0.0751. The van der Waals surface area contributed by atoms with Crippen molar-refractivity contribution in [1.82, 2.24) is 0 Å². The fourth-order valence-electron chi connectivity index (χ4n) is 0. The molecule has 0 aliphatic heterocycles. The molecule has 3 radical (unpaired) electrons. The van der Waals surface area contributed by atoms with Gasteiger partial charge in [-0.05, 0) is 0 Å². The quantitative estimate of drug-likeness (QED) is 0.539. The van der Waals surface area contributed by atoms with Crippen molar-refractivity contribution >= 4 is 52.1 Å². The Morgan fingerprint density at radius 1 is 0.750 bits per heavy atom. The van der Waals surface area contributed by atoms with E-state index in [2.05, 4.69) is 0 Å². The van der Waals surface area contributed by atoms with Crippen LogP contribution in [0.5, 0.6) is 0 Å². The van der Waals surface area contributed by atoms with Gasteiger partial charge in [0.05, 0.1) is 0 Å². The van der Waals surface area contributed by atoms with E-state index in [-0.39, 0.29) is 69.2 Å². The summed E-state index contributed by atoms with van der Waals surface area (Å²) < 4.78 is 0. The third-order valence-electron chi connectivity index (χ3n) is 0. The van der Waals surface area contributed by atoms with Gasteiger partial charge in [0, 0.05) is 17.1 Å². The van der Waals surface area contributed by atoms with Gasteiger partial charge in [-0.2, -0.15) is 0 Å². The maximum absolute atomic E-state index is 0. The molecule has 0 fully saturated rings. The van der Waals surface area contributed by atoms with Crippen LogP contribution < -0.4 is 0 Å². The monoisotopic (exact) mass is 345 g/mol. The van der Waals surface area contributed by atoms with Crippen molar-refractivity contribution in [2.75, 3.05) is 0 Å². The van der Waals surface area contributed by atoms with Crippen LogP contribution in [0, 0.1) is 0 Å². The van der Waals surface area contributed by atoms with Crippen LogP contribution in [-0.2, 0) is 17.1 Å². The Morgan fingerprint density at radius 2 is 0.750 bits per heavy atom. The molecule has 33 valence electrons. The SMILES string of the molecule is Cl.Cl.[Cu].[PbH2]. The van der Waals surface area contributed by atoms with Gasteiger partial charge in [-0.15, -0.1) is 24.8 Å². The molecule has 0 unspecified atom stereocenters. The molecule has 0 N–H and O–H groups in total.